The molecule has 1 aromatic carbocycles. The van der Waals surface area contributed by atoms with Gasteiger partial charge in [-0.3, -0.25) is 14.6 Å². The van der Waals surface area contributed by atoms with Crippen LogP contribution in [0, 0.1) is 31.1 Å². The highest BCUT2D eigenvalue weighted by Crippen LogP contribution is 2.57. The van der Waals surface area contributed by atoms with E-state index in [1.165, 1.54) is 5.56 Å². The molecule has 2 saturated heterocycles. The lowest BCUT2D eigenvalue weighted by atomic mass is 9.80. The predicted molar refractivity (Wildman–Crippen MR) is 128 cm³/mol. The average molecular weight is 447 g/mol. The Morgan fingerprint density at radius 1 is 1.06 bits per heavy atom. The smallest absolute Gasteiger partial charge is 0.255 e. The van der Waals surface area contributed by atoms with E-state index in [1.54, 1.807) is 6.20 Å². The van der Waals surface area contributed by atoms with Crippen LogP contribution in [0.15, 0.2) is 42.6 Å². The summed E-state index contributed by atoms with van der Waals surface area (Å²) >= 11 is 0. The fourth-order valence-corrected chi connectivity index (χ4v) is 6.27. The van der Waals surface area contributed by atoms with Crippen molar-refractivity contribution in [3.63, 3.8) is 0 Å². The number of primary amides is 1. The van der Waals surface area contributed by atoms with E-state index in [4.69, 9.17) is 5.73 Å². The molecule has 2 amide bonds. The van der Waals surface area contributed by atoms with Gasteiger partial charge in [-0.2, -0.15) is 0 Å². The van der Waals surface area contributed by atoms with Gasteiger partial charge in [0, 0.05) is 32.4 Å². The lowest BCUT2D eigenvalue weighted by Gasteiger charge is -2.28. The first-order valence-electron chi connectivity index (χ1n) is 12.2. The number of aryl methyl sites for hydroxylation is 2. The van der Waals surface area contributed by atoms with E-state index in [-0.39, 0.29) is 23.1 Å². The zero-order valence-electron chi connectivity index (χ0n) is 19.7. The van der Waals surface area contributed by atoms with Gasteiger partial charge in [-0.25, -0.2) is 0 Å². The molecule has 5 rings (SSSR count). The highest BCUT2D eigenvalue weighted by molar-refractivity contribution is 5.96. The number of aromatic nitrogens is 1. The Balaban J connectivity index is 1.21. The Morgan fingerprint density at radius 2 is 1.73 bits per heavy atom. The monoisotopic (exact) mass is 446 g/mol. The quantitative estimate of drug-likeness (QED) is 0.709. The molecular weight excluding hydrogens is 412 g/mol. The van der Waals surface area contributed by atoms with Gasteiger partial charge in [-0.15, -0.1) is 0 Å². The summed E-state index contributed by atoms with van der Waals surface area (Å²) in [5, 5.41) is 0. The minimum atomic E-state index is -0.362. The van der Waals surface area contributed by atoms with Crippen LogP contribution in [-0.4, -0.2) is 59.3 Å². The van der Waals surface area contributed by atoms with Crippen molar-refractivity contribution in [3.05, 3.63) is 65.0 Å². The molecule has 0 bridgehead atoms. The van der Waals surface area contributed by atoms with Crippen LogP contribution in [0.3, 0.4) is 0 Å². The number of nitrogens with two attached hydrogens (primary N) is 1. The molecule has 6 heteroatoms. The van der Waals surface area contributed by atoms with E-state index in [2.05, 4.69) is 34.1 Å². The summed E-state index contributed by atoms with van der Waals surface area (Å²) in [6, 6.07) is 12.3. The van der Waals surface area contributed by atoms with Crippen LogP contribution in [0.5, 0.6) is 0 Å². The van der Waals surface area contributed by atoms with E-state index in [0.717, 1.165) is 68.8 Å². The molecule has 174 valence electrons. The predicted octanol–water partition coefficient (Wildman–Crippen LogP) is 3.14. The fraction of sp³-hybridized carbons (Fsp3) is 0.519. The first-order valence-corrected chi connectivity index (χ1v) is 12.2. The van der Waals surface area contributed by atoms with Gasteiger partial charge in [-0.1, -0.05) is 30.3 Å². The Hall–Kier alpha value is -2.73. The van der Waals surface area contributed by atoms with Crippen molar-refractivity contribution in [2.45, 2.75) is 39.0 Å². The van der Waals surface area contributed by atoms with Gasteiger partial charge in [0.1, 0.15) is 0 Å². The Bertz CT molecular complexity index is 1020. The third kappa shape index (κ3) is 4.05. The second-order valence-electron chi connectivity index (χ2n) is 10.4. The maximum Gasteiger partial charge on any atom is 0.255 e. The van der Waals surface area contributed by atoms with Crippen molar-refractivity contribution in [2.75, 3.05) is 32.7 Å². The van der Waals surface area contributed by atoms with Crippen LogP contribution in [0.2, 0.25) is 0 Å². The number of hydrogen-bond acceptors (Lipinski definition) is 4. The zero-order valence-corrected chi connectivity index (χ0v) is 19.7. The van der Waals surface area contributed by atoms with Crippen molar-refractivity contribution in [1.29, 1.82) is 0 Å². The van der Waals surface area contributed by atoms with E-state index in [0.29, 0.717) is 11.8 Å². The average Bonchev–Trinajstić information content (AvgIpc) is 3.36. The van der Waals surface area contributed by atoms with Gasteiger partial charge in [0.05, 0.1) is 16.7 Å². The van der Waals surface area contributed by atoms with Crippen molar-refractivity contribution < 1.29 is 9.59 Å². The molecule has 1 aromatic heterocycles. The van der Waals surface area contributed by atoms with E-state index in [1.807, 2.05) is 30.9 Å². The fourth-order valence-electron chi connectivity index (χ4n) is 6.27. The largest absolute Gasteiger partial charge is 0.369 e. The van der Waals surface area contributed by atoms with Crippen LogP contribution in [-0.2, 0) is 4.79 Å². The number of amides is 2. The summed E-state index contributed by atoms with van der Waals surface area (Å²) in [4.78, 5) is 34.4. The van der Waals surface area contributed by atoms with E-state index >= 15 is 0 Å². The number of pyridine rings is 1. The molecule has 1 saturated carbocycles. The maximum atomic E-state index is 13.2. The molecule has 0 spiro atoms. The van der Waals surface area contributed by atoms with Gasteiger partial charge in [0.25, 0.3) is 5.91 Å². The first-order chi connectivity index (χ1) is 15.9. The highest BCUT2D eigenvalue weighted by atomic mass is 16.2. The standard InChI is InChI=1S/C27H34N4O2/c1-18-8-12-29-19(2)24(18)25(32)31-16-21-14-30(15-22(21)17-31)13-9-23(20-6-4-3-5-7-20)27(10-11-27)26(28)33/h3-8,12,21-23H,9-11,13-17H2,1-2H3,(H2,28,33)/t21?,22?,23-/m0/s1. The molecule has 2 aliphatic heterocycles. The van der Waals surface area contributed by atoms with Gasteiger partial charge >= 0.3 is 0 Å². The summed E-state index contributed by atoms with van der Waals surface area (Å²) in [6.07, 6.45) is 4.52. The topological polar surface area (TPSA) is 79.5 Å². The van der Waals surface area contributed by atoms with Crippen LogP contribution in [0.25, 0.3) is 0 Å². The van der Waals surface area contributed by atoms with Crippen molar-refractivity contribution >= 4 is 11.8 Å². The number of likely N-dealkylation sites (tertiary alicyclic amines) is 2. The Morgan fingerprint density at radius 3 is 2.30 bits per heavy atom. The SMILES string of the molecule is Cc1ccnc(C)c1C(=O)N1CC2CN(CC[C@@H](c3ccccc3)C3(C(N)=O)CC3)CC2C1. The van der Waals surface area contributed by atoms with Crippen LogP contribution in [0.1, 0.15) is 52.4 Å². The second kappa shape index (κ2) is 8.56. The van der Waals surface area contributed by atoms with E-state index < -0.39 is 0 Å². The minimum Gasteiger partial charge on any atom is -0.369 e. The number of rotatable bonds is 7. The number of fused-ring (bicyclic) bond motifs is 1. The molecule has 2 N–H and O–H groups in total. The lowest BCUT2D eigenvalue weighted by molar-refractivity contribution is -0.124. The minimum absolute atomic E-state index is 0.125. The molecule has 2 unspecified atom stereocenters. The zero-order chi connectivity index (χ0) is 23.2. The van der Waals surface area contributed by atoms with Gasteiger partial charge in [0.15, 0.2) is 0 Å². The Labute approximate surface area is 196 Å². The normalized spacial score (nSPS) is 24.5. The molecule has 3 fully saturated rings. The molecule has 3 heterocycles. The number of carbonyl (C=O) groups is 2. The molecule has 3 aliphatic rings. The Kier molecular flexibility index (Phi) is 5.73. The second-order valence-corrected chi connectivity index (χ2v) is 10.4. The van der Waals surface area contributed by atoms with Crippen LogP contribution >= 0.6 is 0 Å². The number of hydrogen-bond donors (Lipinski definition) is 1. The molecule has 33 heavy (non-hydrogen) atoms. The molecule has 1 aliphatic carbocycles. The molecule has 2 aromatic rings. The summed E-state index contributed by atoms with van der Waals surface area (Å²) in [6.45, 7) is 8.55. The van der Waals surface area contributed by atoms with Gasteiger partial charge < -0.3 is 15.5 Å². The molecule has 3 atom stereocenters. The number of carbonyl (C=O) groups excluding carboxylic acids is 2. The van der Waals surface area contributed by atoms with Crippen LogP contribution in [0.4, 0.5) is 0 Å². The summed E-state index contributed by atoms with van der Waals surface area (Å²) in [5.41, 5.74) is 9.30. The summed E-state index contributed by atoms with van der Waals surface area (Å²) in [5.74, 6) is 1.20. The first kappa shape index (κ1) is 22.1. The van der Waals surface area contributed by atoms with Crippen molar-refractivity contribution in [3.8, 4) is 0 Å². The number of benzene rings is 1. The van der Waals surface area contributed by atoms with Crippen LogP contribution < -0.4 is 5.73 Å². The molecule has 0 radical (unpaired) electrons. The van der Waals surface area contributed by atoms with E-state index in [9.17, 15) is 9.59 Å². The maximum absolute atomic E-state index is 13.2. The van der Waals surface area contributed by atoms with Crippen molar-refractivity contribution in [2.24, 2.45) is 23.0 Å². The molecule has 6 nitrogen and oxygen atoms in total. The summed E-state index contributed by atoms with van der Waals surface area (Å²) < 4.78 is 0. The third-order valence-electron chi connectivity index (χ3n) is 8.29. The number of nitrogens with zero attached hydrogens (tertiary/aromatic N) is 3. The van der Waals surface area contributed by atoms with Crippen molar-refractivity contribution in [1.82, 2.24) is 14.8 Å². The summed E-state index contributed by atoms with van der Waals surface area (Å²) in [7, 11) is 0. The van der Waals surface area contributed by atoms with Gasteiger partial charge in [-0.05, 0) is 74.6 Å². The third-order valence-corrected chi connectivity index (χ3v) is 8.29. The lowest BCUT2D eigenvalue weighted by Crippen LogP contribution is -2.36. The highest BCUT2D eigenvalue weighted by Gasteiger charge is 2.54. The van der Waals surface area contributed by atoms with Gasteiger partial charge in [0.2, 0.25) is 5.91 Å². The molecular formula is C27H34N4O2.